The molecule has 3 rings (SSSR count). The van der Waals surface area contributed by atoms with Crippen molar-refractivity contribution in [3.63, 3.8) is 0 Å². The van der Waals surface area contributed by atoms with Gasteiger partial charge in [0.15, 0.2) is 0 Å². The third-order valence-electron chi connectivity index (χ3n) is 4.65. The van der Waals surface area contributed by atoms with Crippen LogP contribution in [0.15, 0.2) is 34.9 Å². The quantitative estimate of drug-likeness (QED) is 0.823. The molecule has 6 nitrogen and oxygen atoms in total. The van der Waals surface area contributed by atoms with Crippen LogP contribution in [0.2, 0.25) is 10.0 Å². The molecule has 27 heavy (non-hydrogen) atoms. The zero-order valence-electron chi connectivity index (χ0n) is 15.0. The molecule has 0 aliphatic carbocycles. The number of carbonyl (C=O) groups excluding carboxylic acids is 2. The van der Waals surface area contributed by atoms with E-state index in [9.17, 15) is 9.59 Å². The fourth-order valence-electron chi connectivity index (χ4n) is 3.05. The Kier molecular flexibility index (Phi) is 6.42. The third-order valence-corrected chi connectivity index (χ3v) is 5.51. The molecule has 144 valence electrons. The monoisotopic (exact) mass is 409 g/mol. The molecule has 1 saturated heterocycles. The molecule has 0 saturated carbocycles. The molecule has 1 aromatic carbocycles. The van der Waals surface area contributed by atoms with Gasteiger partial charge in [0.1, 0.15) is 5.76 Å². The number of carbonyl (C=O) groups is 2. The summed E-state index contributed by atoms with van der Waals surface area (Å²) in [6, 6.07) is 7.20. The van der Waals surface area contributed by atoms with Crippen molar-refractivity contribution < 1.29 is 14.0 Å². The van der Waals surface area contributed by atoms with Crippen LogP contribution in [0.4, 0.5) is 0 Å². The van der Waals surface area contributed by atoms with Crippen molar-refractivity contribution in [2.45, 2.75) is 13.5 Å². The van der Waals surface area contributed by atoms with Crippen LogP contribution >= 0.6 is 23.2 Å². The number of furan rings is 1. The molecule has 2 aromatic rings. The number of piperazine rings is 1. The number of halogens is 2. The van der Waals surface area contributed by atoms with Gasteiger partial charge in [0.2, 0.25) is 5.91 Å². The fraction of sp³-hybridized carbons (Fsp3) is 0.368. The summed E-state index contributed by atoms with van der Waals surface area (Å²) in [5.41, 5.74) is 1.43. The molecule has 1 aromatic heterocycles. The summed E-state index contributed by atoms with van der Waals surface area (Å²) in [5.74, 6) is 0.141. The second-order valence-electron chi connectivity index (χ2n) is 6.44. The molecule has 0 spiro atoms. The summed E-state index contributed by atoms with van der Waals surface area (Å²) in [5, 5.41) is 3.78. The molecule has 1 N–H and O–H groups in total. The van der Waals surface area contributed by atoms with E-state index in [2.05, 4.69) is 10.2 Å². The lowest BCUT2D eigenvalue weighted by molar-refractivity contribution is -0.131. The molecule has 0 radical (unpaired) electrons. The lowest BCUT2D eigenvalue weighted by Gasteiger charge is -2.35. The Balaban J connectivity index is 1.46. The van der Waals surface area contributed by atoms with Crippen molar-refractivity contribution >= 4 is 35.0 Å². The molecule has 1 aliphatic rings. The van der Waals surface area contributed by atoms with E-state index < -0.39 is 0 Å². The third kappa shape index (κ3) is 4.83. The average molecular weight is 410 g/mol. The average Bonchev–Trinajstić information content (AvgIpc) is 3.10. The fourth-order valence-corrected chi connectivity index (χ4v) is 3.43. The molecular weight excluding hydrogens is 389 g/mol. The van der Waals surface area contributed by atoms with Gasteiger partial charge in [0, 0.05) is 32.7 Å². The summed E-state index contributed by atoms with van der Waals surface area (Å²) in [6.45, 7) is 5.08. The summed E-state index contributed by atoms with van der Waals surface area (Å²) in [7, 11) is 0. The van der Waals surface area contributed by atoms with E-state index in [0.717, 1.165) is 18.7 Å². The standard InChI is InChI=1S/C19H21Cl2N3O3/c1-13-15(5-10-27-13)19(26)22-11-17(25)24-8-6-23(7-9-24)12-14-3-2-4-16(20)18(14)21/h2-5,10H,6-9,11-12H2,1H3,(H,22,26). The molecule has 2 amide bonds. The normalized spacial score (nSPS) is 15.0. The van der Waals surface area contributed by atoms with Gasteiger partial charge < -0.3 is 14.6 Å². The zero-order chi connectivity index (χ0) is 19.4. The molecule has 2 heterocycles. The van der Waals surface area contributed by atoms with Crippen molar-refractivity contribution in [1.82, 2.24) is 15.1 Å². The minimum atomic E-state index is -0.302. The Hall–Kier alpha value is -2.02. The van der Waals surface area contributed by atoms with Crippen LogP contribution in [0.25, 0.3) is 0 Å². The van der Waals surface area contributed by atoms with Gasteiger partial charge in [0.25, 0.3) is 5.91 Å². The molecule has 0 unspecified atom stereocenters. The highest BCUT2D eigenvalue weighted by Gasteiger charge is 2.22. The molecule has 1 fully saturated rings. The van der Waals surface area contributed by atoms with Crippen molar-refractivity contribution in [2.24, 2.45) is 0 Å². The van der Waals surface area contributed by atoms with E-state index in [-0.39, 0.29) is 18.4 Å². The van der Waals surface area contributed by atoms with Crippen LogP contribution in [-0.2, 0) is 11.3 Å². The Morgan fingerprint density at radius 1 is 1.15 bits per heavy atom. The first-order valence-electron chi connectivity index (χ1n) is 8.71. The number of hydrogen-bond acceptors (Lipinski definition) is 4. The number of amides is 2. The molecular formula is C19H21Cl2N3O3. The van der Waals surface area contributed by atoms with Crippen LogP contribution in [0.3, 0.4) is 0 Å². The summed E-state index contributed by atoms with van der Waals surface area (Å²) in [6.07, 6.45) is 1.46. The van der Waals surface area contributed by atoms with Gasteiger partial charge in [-0.25, -0.2) is 0 Å². The predicted octanol–water partition coefficient (Wildman–Crippen LogP) is 2.97. The van der Waals surface area contributed by atoms with Gasteiger partial charge in [-0.15, -0.1) is 0 Å². The number of nitrogens with one attached hydrogen (secondary N) is 1. The minimum Gasteiger partial charge on any atom is -0.469 e. The van der Waals surface area contributed by atoms with E-state index in [1.54, 1.807) is 24.0 Å². The maximum atomic E-state index is 12.4. The highest BCUT2D eigenvalue weighted by molar-refractivity contribution is 6.42. The highest BCUT2D eigenvalue weighted by Crippen LogP contribution is 2.26. The number of rotatable bonds is 5. The van der Waals surface area contributed by atoms with Crippen molar-refractivity contribution in [1.29, 1.82) is 0 Å². The number of hydrogen-bond donors (Lipinski definition) is 1. The SMILES string of the molecule is Cc1occc1C(=O)NCC(=O)N1CCN(Cc2cccc(Cl)c2Cl)CC1. The van der Waals surface area contributed by atoms with E-state index >= 15 is 0 Å². The zero-order valence-corrected chi connectivity index (χ0v) is 16.5. The number of aryl methyl sites for hydroxylation is 1. The van der Waals surface area contributed by atoms with Crippen LogP contribution in [0.5, 0.6) is 0 Å². The second kappa shape index (κ2) is 8.78. The van der Waals surface area contributed by atoms with Crippen LogP contribution in [-0.4, -0.2) is 54.3 Å². The first-order chi connectivity index (χ1) is 13.0. The van der Waals surface area contributed by atoms with E-state index in [0.29, 0.717) is 41.0 Å². The topological polar surface area (TPSA) is 65.8 Å². The second-order valence-corrected chi connectivity index (χ2v) is 7.23. The predicted molar refractivity (Wildman–Crippen MR) is 104 cm³/mol. The molecule has 1 aliphatic heterocycles. The first kappa shape index (κ1) is 19.7. The Labute approximate surface area is 168 Å². The van der Waals surface area contributed by atoms with Gasteiger partial charge >= 0.3 is 0 Å². The van der Waals surface area contributed by atoms with Crippen molar-refractivity contribution in [3.05, 3.63) is 57.5 Å². The maximum Gasteiger partial charge on any atom is 0.255 e. The van der Waals surface area contributed by atoms with Gasteiger partial charge in [0.05, 0.1) is 28.4 Å². The number of benzene rings is 1. The lowest BCUT2D eigenvalue weighted by atomic mass is 10.2. The Bertz CT molecular complexity index is 829. The van der Waals surface area contributed by atoms with Gasteiger partial charge in [-0.3, -0.25) is 14.5 Å². The molecule has 0 bridgehead atoms. The molecule has 8 heteroatoms. The summed E-state index contributed by atoms with van der Waals surface area (Å²) in [4.78, 5) is 28.4. The minimum absolute atomic E-state index is 0.0242. The van der Waals surface area contributed by atoms with E-state index in [1.165, 1.54) is 6.26 Å². The maximum absolute atomic E-state index is 12.4. The number of nitrogens with zero attached hydrogens (tertiary/aromatic N) is 2. The van der Waals surface area contributed by atoms with Crippen LogP contribution in [0.1, 0.15) is 21.7 Å². The van der Waals surface area contributed by atoms with Crippen LogP contribution < -0.4 is 5.32 Å². The van der Waals surface area contributed by atoms with Gasteiger partial charge in [-0.1, -0.05) is 35.3 Å². The summed E-state index contributed by atoms with van der Waals surface area (Å²) < 4.78 is 5.11. The van der Waals surface area contributed by atoms with E-state index in [4.69, 9.17) is 27.6 Å². The van der Waals surface area contributed by atoms with Crippen molar-refractivity contribution in [2.75, 3.05) is 32.7 Å². The Morgan fingerprint density at radius 2 is 1.89 bits per heavy atom. The van der Waals surface area contributed by atoms with Gasteiger partial charge in [-0.05, 0) is 24.6 Å². The smallest absolute Gasteiger partial charge is 0.255 e. The highest BCUT2D eigenvalue weighted by atomic mass is 35.5. The molecule has 0 atom stereocenters. The summed E-state index contributed by atoms with van der Waals surface area (Å²) >= 11 is 12.3. The lowest BCUT2D eigenvalue weighted by Crippen LogP contribution is -2.50. The van der Waals surface area contributed by atoms with Crippen molar-refractivity contribution in [3.8, 4) is 0 Å². The van der Waals surface area contributed by atoms with Crippen LogP contribution in [0, 0.1) is 6.92 Å². The Morgan fingerprint density at radius 3 is 2.56 bits per heavy atom. The van der Waals surface area contributed by atoms with E-state index in [1.807, 2.05) is 12.1 Å². The first-order valence-corrected chi connectivity index (χ1v) is 9.46. The largest absolute Gasteiger partial charge is 0.469 e. The van der Waals surface area contributed by atoms with Gasteiger partial charge in [-0.2, -0.15) is 0 Å².